The standard InChI is InChI=1S/C14H12O3/c1-9(15)10-3-2-4-11(5-10)12-6-13(16)8-14(17)7-12/h2-8,16-17H,1H3. The number of benzene rings is 2. The highest BCUT2D eigenvalue weighted by atomic mass is 16.3. The maximum absolute atomic E-state index is 11.3. The van der Waals surface area contributed by atoms with E-state index in [2.05, 4.69) is 0 Å². The van der Waals surface area contributed by atoms with Crippen molar-refractivity contribution in [3.05, 3.63) is 48.0 Å². The predicted molar refractivity (Wildman–Crippen MR) is 65.2 cm³/mol. The average molecular weight is 228 g/mol. The van der Waals surface area contributed by atoms with E-state index in [1.807, 2.05) is 6.07 Å². The van der Waals surface area contributed by atoms with Gasteiger partial charge in [0, 0.05) is 11.6 Å². The first-order valence-electron chi connectivity index (χ1n) is 5.20. The van der Waals surface area contributed by atoms with Crippen LogP contribution in [-0.2, 0) is 0 Å². The van der Waals surface area contributed by atoms with Crippen LogP contribution in [0.15, 0.2) is 42.5 Å². The summed E-state index contributed by atoms with van der Waals surface area (Å²) in [6.07, 6.45) is 0. The first-order valence-corrected chi connectivity index (χ1v) is 5.20. The summed E-state index contributed by atoms with van der Waals surface area (Å²) < 4.78 is 0. The third-order valence-corrected chi connectivity index (χ3v) is 2.50. The smallest absolute Gasteiger partial charge is 0.159 e. The number of carbonyl (C=O) groups excluding carboxylic acids is 1. The van der Waals surface area contributed by atoms with Crippen LogP contribution in [0.4, 0.5) is 0 Å². The molecule has 0 aliphatic heterocycles. The van der Waals surface area contributed by atoms with E-state index in [1.54, 1.807) is 30.3 Å². The molecule has 0 radical (unpaired) electrons. The molecule has 3 heteroatoms. The fourth-order valence-corrected chi connectivity index (χ4v) is 1.68. The van der Waals surface area contributed by atoms with E-state index < -0.39 is 0 Å². The van der Waals surface area contributed by atoms with Gasteiger partial charge in [-0.05, 0) is 36.2 Å². The third-order valence-electron chi connectivity index (χ3n) is 2.50. The van der Waals surface area contributed by atoms with Gasteiger partial charge < -0.3 is 10.2 Å². The number of ketones is 1. The Bertz CT molecular complexity index is 553. The van der Waals surface area contributed by atoms with Crippen molar-refractivity contribution in [1.82, 2.24) is 0 Å². The summed E-state index contributed by atoms with van der Waals surface area (Å²) in [5, 5.41) is 18.8. The lowest BCUT2D eigenvalue weighted by atomic mass is 10.0. The van der Waals surface area contributed by atoms with Gasteiger partial charge in [0.15, 0.2) is 5.78 Å². The van der Waals surface area contributed by atoms with Gasteiger partial charge in [-0.25, -0.2) is 0 Å². The van der Waals surface area contributed by atoms with Crippen LogP contribution < -0.4 is 0 Å². The Hall–Kier alpha value is -2.29. The maximum atomic E-state index is 11.3. The summed E-state index contributed by atoms with van der Waals surface area (Å²) in [4.78, 5) is 11.3. The van der Waals surface area contributed by atoms with Gasteiger partial charge in [-0.15, -0.1) is 0 Å². The van der Waals surface area contributed by atoms with E-state index in [-0.39, 0.29) is 17.3 Å². The van der Waals surface area contributed by atoms with Gasteiger partial charge in [-0.1, -0.05) is 18.2 Å². The van der Waals surface area contributed by atoms with Crippen molar-refractivity contribution in [3.8, 4) is 22.6 Å². The van der Waals surface area contributed by atoms with Gasteiger partial charge >= 0.3 is 0 Å². The van der Waals surface area contributed by atoms with Crippen molar-refractivity contribution >= 4 is 5.78 Å². The molecule has 0 heterocycles. The highest BCUT2D eigenvalue weighted by Crippen LogP contribution is 2.28. The van der Waals surface area contributed by atoms with Crippen LogP contribution in [0.25, 0.3) is 11.1 Å². The van der Waals surface area contributed by atoms with Gasteiger partial charge in [0.1, 0.15) is 11.5 Å². The van der Waals surface area contributed by atoms with E-state index >= 15 is 0 Å². The molecule has 2 aromatic carbocycles. The monoisotopic (exact) mass is 228 g/mol. The van der Waals surface area contributed by atoms with E-state index in [4.69, 9.17) is 0 Å². The van der Waals surface area contributed by atoms with Crippen LogP contribution in [0.1, 0.15) is 17.3 Å². The van der Waals surface area contributed by atoms with Crippen LogP contribution in [0.3, 0.4) is 0 Å². The number of aromatic hydroxyl groups is 2. The van der Waals surface area contributed by atoms with Crippen LogP contribution in [0.2, 0.25) is 0 Å². The molecule has 3 nitrogen and oxygen atoms in total. The van der Waals surface area contributed by atoms with Gasteiger partial charge in [0.2, 0.25) is 0 Å². The Labute approximate surface area is 99.0 Å². The minimum absolute atomic E-state index is 0.00627. The summed E-state index contributed by atoms with van der Waals surface area (Å²) in [5.74, 6) is -0.0299. The first kappa shape index (κ1) is 11.2. The number of hydrogen-bond donors (Lipinski definition) is 2. The number of Topliss-reactive ketones (excluding diaryl/α,β-unsaturated/α-hetero) is 1. The molecule has 0 unspecified atom stereocenters. The number of phenols is 2. The van der Waals surface area contributed by atoms with Crippen molar-refractivity contribution in [2.24, 2.45) is 0 Å². The van der Waals surface area contributed by atoms with Crippen molar-refractivity contribution in [2.75, 3.05) is 0 Å². The molecular formula is C14H12O3. The van der Waals surface area contributed by atoms with Gasteiger partial charge in [-0.2, -0.15) is 0 Å². The second kappa shape index (κ2) is 4.29. The normalized spacial score (nSPS) is 10.2. The summed E-state index contributed by atoms with van der Waals surface area (Å²) in [6.45, 7) is 1.50. The van der Waals surface area contributed by atoms with Gasteiger partial charge in [-0.3, -0.25) is 4.79 Å². The quantitative estimate of drug-likeness (QED) is 0.777. The van der Waals surface area contributed by atoms with E-state index in [9.17, 15) is 15.0 Å². The van der Waals surface area contributed by atoms with Gasteiger partial charge in [0.25, 0.3) is 0 Å². The zero-order valence-electron chi connectivity index (χ0n) is 9.34. The molecular weight excluding hydrogens is 216 g/mol. The van der Waals surface area contributed by atoms with E-state index in [0.29, 0.717) is 11.1 Å². The van der Waals surface area contributed by atoms with Crippen molar-refractivity contribution in [1.29, 1.82) is 0 Å². The Morgan fingerprint density at radius 3 is 2.18 bits per heavy atom. The molecule has 2 N–H and O–H groups in total. The predicted octanol–water partition coefficient (Wildman–Crippen LogP) is 2.97. The topological polar surface area (TPSA) is 57.5 Å². The van der Waals surface area contributed by atoms with Crippen LogP contribution in [0, 0.1) is 0 Å². The molecule has 0 aromatic heterocycles. The highest BCUT2D eigenvalue weighted by molar-refractivity contribution is 5.95. The Balaban J connectivity index is 2.52. The second-order valence-corrected chi connectivity index (χ2v) is 3.88. The summed E-state index contributed by atoms with van der Waals surface area (Å²) in [7, 11) is 0. The van der Waals surface area contributed by atoms with Crippen molar-refractivity contribution in [3.63, 3.8) is 0 Å². The summed E-state index contributed by atoms with van der Waals surface area (Å²) >= 11 is 0. The first-order chi connectivity index (χ1) is 8.06. The lowest BCUT2D eigenvalue weighted by Gasteiger charge is -2.05. The average Bonchev–Trinajstić information content (AvgIpc) is 2.28. The molecule has 2 rings (SSSR count). The molecule has 0 saturated carbocycles. The molecule has 0 saturated heterocycles. The number of rotatable bonds is 2. The molecule has 0 bridgehead atoms. The van der Waals surface area contributed by atoms with E-state index in [1.165, 1.54) is 13.0 Å². The summed E-state index contributed by atoms with van der Waals surface area (Å²) in [6, 6.07) is 11.4. The maximum Gasteiger partial charge on any atom is 0.159 e. The third kappa shape index (κ3) is 2.45. The SMILES string of the molecule is CC(=O)c1cccc(-c2cc(O)cc(O)c2)c1. The fourth-order valence-electron chi connectivity index (χ4n) is 1.68. The second-order valence-electron chi connectivity index (χ2n) is 3.88. The van der Waals surface area contributed by atoms with Crippen molar-refractivity contribution < 1.29 is 15.0 Å². The Morgan fingerprint density at radius 2 is 1.59 bits per heavy atom. The Morgan fingerprint density at radius 1 is 0.941 bits per heavy atom. The zero-order chi connectivity index (χ0) is 12.4. The van der Waals surface area contributed by atoms with Crippen LogP contribution in [0.5, 0.6) is 11.5 Å². The molecule has 2 aromatic rings. The highest BCUT2D eigenvalue weighted by Gasteiger charge is 2.05. The molecule has 17 heavy (non-hydrogen) atoms. The lowest BCUT2D eigenvalue weighted by molar-refractivity contribution is 0.101. The molecule has 0 fully saturated rings. The lowest BCUT2D eigenvalue weighted by Crippen LogP contribution is -1.91. The molecule has 0 atom stereocenters. The minimum Gasteiger partial charge on any atom is -0.508 e. The molecule has 0 aliphatic carbocycles. The largest absolute Gasteiger partial charge is 0.508 e. The number of carbonyl (C=O) groups is 1. The molecule has 0 amide bonds. The zero-order valence-corrected chi connectivity index (χ0v) is 9.34. The summed E-state index contributed by atoms with van der Waals surface area (Å²) in [5.41, 5.74) is 2.06. The van der Waals surface area contributed by atoms with Crippen LogP contribution in [-0.4, -0.2) is 16.0 Å². The molecule has 0 spiro atoms. The number of phenolic OH excluding ortho intramolecular Hbond substituents is 2. The van der Waals surface area contributed by atoms with Crippen LogP contribution >= 0.6 is 0 Å². The minimum atomic E-state index is -0.0174. The fraction of sp³-hybridized carbons (Fsp3) is 0.0714. The number of hydrogen-bond acceptors (Lipinski definition) is 3. The van der Waals surface area contributed by atoms with Gasteiger partial charge in [0.05, 0.1) is 0 Å². The Kier molecular flexibility index (Phi) is 2.83. The molecule has 86 valence electrons. The molecule has 0 aliphatic rings. The van der Waals surface area contributed by atoms with Crippen molar-refractivity contribution in [2.45, 2.75) is 6.92 Å². The van der Waals surface area contributed by atoms with E-state index in [0.717, 1.165) is 5.56 Å².